The number of aromatic nitrogens is 2. The first-order chi connectivity index (χ1) is 5.81. The highest BCUT2D eigenvalue weighted by Gasteiger charge is 2.08. The zero-order valence-corrected chi connectivity index (χ0v) is 7.42. The van der Waals surface area contributed by atoms with Gasteiger partial charge in [-0.25, -0.2) is 0 Å². The number of aliphatic hydroxyl groups is 1. The lowest BCUT2D eigenvalue weighted by Gasteiger charge is -1.98. The van der Waals surface area contributed by atoms with Crippen LogP contribution in [0.15, 0.2) is 0 Å². The van der Waals surface area contributed by atoms with Gasteiger partial charge in [-0.15, -0.1) is 0 Å². The summed E-state index contributed by atoms with van der Waals surface area (Å²) < 4.78 is 5.21. The van der Waals surface area contributed by atoms with E-state index in [1.807, 2.05) is 13.8 Å². The third kappa shape index (κ3) is 1.76. The summed E-state index contributed by atoms with van der Waals surface area (Å²) in [6, 6.07) is 0. The maximum absolute atomic E-state index is 8.90. The van der Waals surface area contributed by atoms with Gasteiger partial charge in [0.15, 0.2) is 0 Å². The number of hydrogen-bond acceptors (Lipinski definition) is 3. The van der Waals surface area contributed by atoms with Gasteiger partial charge in [-0.2, -0.15) is 4.98 Å². The van der Waals surface area contributed by atoms with Gasteiger partial charge in [0.25, 0.3) is 0 Å². The van der Waals surface area contributed by atoms with Crippen molar-refractivity contribution in [3.8, 4) is 5.88 Å². The fraction of sp³-hybridized carbons (Fsp3) is 0.625. The fourth-order valence-corrected chi connectivity index (χ4v) is 0.976. The molecule has 0 radical (unpaired) electrons. The summed E-state index contributed by atoms with van der Waals surface area (Å²) in [6.07, 6.45) is 0.820. The van der Waals surface area contributed by atoms with E-state index in [4.69, 9.17) is 9.84 Å². The molecule has 0 bridgehead atoms. The molecule has 68 valence electrons. The summed E-state index contributed by atoms with van der Waals surface area (Å²) in [7, 11) is 0. The Morgan fingerprint density at radius 1 is 1.50 bits per heavy atom. The van der Waals surface area contributed by atoms with Crippen molar-refractivity contribution in [2.24, 2.45) is 0 Å². The van der Waals surface area contributed by atoms with E-state index in [1.165, 1.54) is 0 Å². The summed E-state index contributed by atoms with van der Waals surface area (Å²) in [5.41, 5.74) is 0.661. The molecule has 0 aliphatic rings. The van der Waals surface area contributed by atoms with Crippen LogP contribution in [0.4, 0.5) is 0 Å². The minimum absolute atomic E-state index is 0.0532. The molecular weight excluding hydrogens is 156 g/mol. The van der Waals surface area contributed by atoms with Crippen molar-refractivity contribution in [2.45, 2.75) is 26.9 Å². The zero-order valence-electron chi connectivity index (χ0n) is 7.42. The summed E-state index contributed by atoms with van der Waals surface area (Å²) in [5, 5.41) is 8.90. The summed E-state index contributed by atoms with van der Waals surface area (Å²) in [5.74, 6) is 1.37. The number of imidazole rings is 1. The van der Waals surface area contributed by atoms with Crippen LogP contribution in [0.5, 0.6) is 5.88 Å². The Morgan fingerprint density at radius 3 is 2.75 bits per heavy atom. The molecule has 12 heavy (non-hydrogen) atoms. The molecule has 0 amide bonds. The normalized spacial score (nSPS) is 10.2. The standard InChI is InChI=1S/C8H14N2O2/c1-3-7-9-6(5-11)8(10-7)12-4-2/h11H,3-5H2,1-2H3,(H,9,10). The molecule has 1 aromatic rings. The summed E-state index contributed by atoms with van der Waals surface area (Å²) >= 11 is 0. The van der Waals surface area contributed by atoms with Crippen LogP contribution in [0.3, 0.4) is 0 Å². The van der Waals surface area contributed by atoms with Crippen molar-refractivity contribution in [3.05, 3.63) is 11.5 Å². The van der Waals surface area contributed by atoms with Crippen LogP contribution in [-0.2, 0) is 13.0 Å². The molecule has 1 aromatic heterocycles. The highest BCUT2D eigenvalue weighted by molar-refractivity contribution is 5.20. The second kappa shape index (κ2) is 4.11. The van der Waals surface area contributed by atoms with Crippen LogP contribution in [0.2, 0.25) is 0 Å². The van der Waals surface area contributed by atoms with Gasteiger partial charge in [0.2, 0.25) is 5.88 Å². The third-order valence-corrected chi connectivity index (χ3v) is 1.56. The molecule has 4 heteroatoms. The molecule has 1 rings (SSSR count). The quantitative estimate of drug-likeness (QED) is 0.704. The minimum Gasteiger partial charge on any atom is -0.477 e. The Morgan fingerprint density at radius 2 is 2.25 bits per heavy atom. The molecule has 0 unspecified atom stereocenters. The van der Waals surface area contributed by atoms with Crippen molar-refractivity contribution in [1.29, 1.82) is 0 Å². The number of aromatic amines is 1. The first-order valence-electron chi connectivity index (χ1n) is 4.13. The molecule has 0 saturated heterocycles. The van der Waals surface area contributed by atoms with Crippen molar-refractivity contribution < 1.29 is 9.84 Å². The molecule has 0 atom stereocenters. The van der Waals surface area contributed by atoms with E-state index >= 15 is 0 Å². The van der Waals surface area contributed by atoms with Crippen molar-refractivity contribution >= 4 is 0 Å². The van der Waals surface area contributed by atoms with E-state index in [2.05, 4.69) is 9.97 Å². The molecule has 2 N–H and O–H groups in total. The average Bonchev–Trinajstić information content (AvgIpc) is 2.48. The Hall–Kier alpha value is -1.03. The number of nitrogens with zero attached hydrogens (tertiary/aromatic N) is 1. The molecule has 0 saturated carbocycles. The first-order valence-corrected chi connectivity index (χ1v) is 4.13. The Kier molecular flexibility index (Phi) is 3.10. The molecule has 1 heterocycles. The maximum atomic E-state index is 8.90. The predicted molar refractivity (Wildman–Crippen MR) is 45.1 cm³/mol. The Balaban J connectivity index is 2.84. The van der Waals surface area contributed by atoms with Crippen LogP contribution in [-0.4, -0.2) is 21.7 Å². The van der Waals surface area contributed by atoms with Crippen LogP contribution in [0.1, 0.15) is 25.4 Å². The highest BCUT2D eigenvalue weighted by atomic mass is 16.5. The van der Waals surface area contributed by atoms with Crippen molar-refractivity contribution in [3.63, 3.8) is 0 Å². The lowest BCUT2D eigenvalue weighted by molar-refractivity contribution is 0.260. The van der Waals surface area contributed by atoms with Crippen molar-refractivity contribution in [2.75, 3.05) is 6.61 Å². The molecule has 0 spiro atoms. The second-order valence-electron chi connectivity index (χ2n) is 2.41. The fourth-order valence-electron chi connectivity index (χ4n) is 0.976. The van der Waals surface area contributed by atoms with Gasteiger partial charge in [0.05, 0.1) is 13.2 Å². The van der Waals surface area contributed by atoms with E-state index < -0.39 is 0 Å². The minimum atomic E-state index is -0.0532. The number of nitrogens with one attached hydrogen (secondary N) is 1. The number of aliphatic hydroxyl groups excluding tert-OH is 1. The van der Waals surface area contributed by atoms with E-state index in [0.29, 0.717) is 18.2 Å². The Labute approximate surface area is 71.6 Å². The topological polar surface area (TPSA) is 58.1 Å². The largest absolute Gasteiger partial charge is 0.477 e. The first kappa shape index (κ1) is 9.06. The van der Waals surface area contributed by atoms with E-state index in [0.717, 1.165) is 12.2 Å². The van der Waals surface area contributed by atoms with Gasteiger partial charge in [0.1, 0.15) is 11.5 Å². The second-order valence-corrected chi connectivity index (χ2v) is 2.41. The van der Waals surface area contributed by atoms with E-state index in [1.54, 1.807) is 0 Å². The van der Waals surface area contributed by atoms with Crippen LogP contribution in [0.25, 0.3) is 0 Å². The smallest absolute Gasteiger partial charge is 0.237 e. The van der Waals surface area contributed by atoms with E-state index in [-0.39, 0.29) is 6.61 Å². The van der Waals surface area contributed by atoms with Gasteiger partial charge < -0.3 is 14.8 Å². The number of ether oxygens (including phenoxy) is 1. The van der Waals surface area contributed by atoms with Crippen LogP contribution < -0.4 is 4.74 Å². The highest BCUT2D eigenvalue weighted by Crippen LogP contribution is 2.15. The number of hydrogen-bond donors (Lipinski definition) is 2. The molecule has 4 nitrogen and oxygen atoms in total. The lowest BCUT2D eigenvalue weighted by Crippen LogP contribution is -1.95. The van der Waals surface area contributed by atoms with Gasteiger partial charge in [0, 0.05) is 6.42 Å². The van der Waals surface area contributed by atoms with Gasteiger partial charge in [-0.1, -0.05) is 6.92 Å². The molecule has 0 aromatic carbocycles. The van der Waals surface area contributed by atoms with Gasteiger partial charge >= 0.3 is 0 Å². The monoisotopic (exact) mass is 170 g/mol. The van der Waals surface area contributed by atoms with Gasteiger partial charge in [-0.3, -0.25) is 0 Å². The van der Waals surface area contributed by atoms with Crippen LogP contribution in [0, 0.1) is 0 Å². The number of aryl methyl sites for hydroxylation is 1. The summed E-state index contributed by atoms with van der Waals surface area (Å²) in [6.45, 7) is 4.40. The van der Waals surface area contributed by atoms with E-state index in [9.17, 15) is 0 Å². The predicted octanol–water partition coefficient (Wildman–Crippen LogP) is 0.863. The Bertz CT molecular complexity index is 245. The third-order valence-electron chi connectivity index (χ3n) is 1.56. The zero-order chi connectivity index (χ0) is 8.97. The molecule has 0 aliphatic heterocycles. The number of rotatable bonds is 4. The van der Waals surface area contributed by atoms with Gasteiger partial charge in [-0.05, 0) is 6.92 Å². The van der Waals surface area contributed by atoms with Crippen molar-refractivity contribution in [1.82, 2.24) is 9.97 Å². The molecular formula is C8H14N2O2. The molecule has 0 fully saturated rings. The maximum Gasteiger partial charge on any atom is 0.237 e. The average molecular weight is 170 g/mol. The van der Waals surface area contributed by atoms with Crippen LogP contribution >= 0.6 is 0 Å². The SMILES string of the molecule is CCOc1nc(CC)[nH]c1CO. The lowest BCUT2D eigenvalue weighted by atomic mass is 10.5. The number of H-pyrrole nitrogens is 1. The summed E-state index contributed by atoms with van der Waals surface area (Å²) in [4.78, 5) is 7.13. The molecule has 0 aliphatic carbocycles.